The molecule has 2 fully saturated rings. The van der Waals surface area contributed by atoms with Crippen LogP contribution in [0.4, 0.5) is 4.79 Å². The van der Waals surface area contributed by atoms with Crippen molar-refractivity contribution in [3.63, 3.8) is 0 Å². The van der Waals surface area contributed by atoms with Crippen molar-refractivity contribution in [1.29, 1.82) is 0 Å². The van der Waals surface area contributed by atoms with Crippen LogP contribution in [-0.4, -0.2) is 24.1 Å². The van der Waals surface area contributed by atoms with E-state index < -0.39 is 0 Å². The smallest absolute Gasteiger partial charge is 0.277 e. The Labute approximate surface area is 124 Å². The van der Waals surface area contributed by atoms with Crippen LogP contribution in [0.5, 0.6) is 0 Å². The molecule has 2 atom stereocenters. The van der Waals surface area contributed by atoms with Crippen LogP contribution in [0.2, 0.25) is 0 Å². The van der Waals surface area contributed by atoms with Crippen LogP contribution < -0.4 is 10.1 Å². The first kappa shape index (κ1) is 13.8. The van der Waals surface area contributed by atoms with Crippen molar-refractivity contribution < 1.29 is 4.79 Å². The number of rotatable bonds is 3. The first-order valence-corrected chi connectivity index (χ1v) is 8.07. The Hall–Kier alpha value is -1.20. The standard InChI is InChI=1S/C15H21N3OS/c1-11-5-7-14(8-6-11)20-17-15(19)16-18-9-12-3-2-4-13(12)10-18/h5-8,12-13H,2-4,9-10H2,1H3,(H2,16,17,19). The van der Waals surface area contributed by atoms with Crippen LogP contribution in [0.15, 0.2) is 29.2 Å². The van der Waals surface area contributed by atoms with E-state index in [0.717, 1.165) is 29.8 Å². The predicted octanol–water partition coefficient (Wildman–Crippen LogP) is 2.95. The number of aryl methyl sites for hydroxylation is 1. The summed E-state index contributed by atoms with van der Waals surface area (Å²) in [5.41, 5.74) is 4.18. The zero-order valence-electron chi connectivity index (χ0n) is 11.8. The quantitative estimate of drug-likeness (QED) is 0.842. The second-order valence-corrected chi connectivity index (χ2v) is 6.69. The lowest BCUT2D eigenvalue weighted by atomic mass is 10.0. The Morgan fingerprint density at radius 3 is 2.50 bits per heavy atom. The fourth-order valence-corrected chi connectivity index (χ4v) is 3.73. The minimum atomic E-state index is -0.129. The highest BCUT2D eigenvalue weighted by Gasteiger charge is 2.36. The van der Waals surface area contributed by atoms with E-state index in [1.165, 1.54) is 36.8 Å². The number of carbonyl (C=O) groups excluding carboxylic acids is 1. The van der Waals surface area contributed by atoms with E-state index in [4.69, 9.17) is 0 Å². The molecule has 1 saturated carbocycles. The van der Waals surface area contributed by atoms with Gasteiger partial charge in [0.1, 0.15) is 0 Å². The summed E-state index contributed by atoms with van der Waals surface area (Å²) in [6, 6.07) is 7.99. The fraction of sp³-hybridized carbons (Fsp3) is 0.533. The molecule has 1 aromatic carbocycles. The van der Waals surface area contributed by atoms with Gasteiger partial charge in [-0.25, -0.2) is 9.80 Å². The molecule has 1 heterocycles. The Bertz CT molecular complexity index is 465. The van der Waals surface area contributed by atoms with Crippen LogP contribution in [0, 0.1) is 18.8 Å². The maximum Gasteiger partial charge on any atom is 0.339 e. The summed E-state index contributed by atoms with van der Waals surface area (Å²) in [6.07, 6.45) is 4.00. The lowest BCUT2D eigenvalue weighted by Gasteiger charge is -2.18. The van der Waals surface area contributed by atoms with Crippen molar-refractivity contribution in [3.05, 3.63) is 29.8 Å². The van der Waals surface area contributed by atoms with Crippen molar-refractivity contribution in [3.8, 4) is 0 Å². The molecule has 108 valence electrons. The summed E-state index contributed by atoms with van der Waals surface area (Å²) in [5, 5.41) is 2.07. The van der Waals surface area contributed by atoms with Gasteiger partial charge in [0.05, 0.1) is 0 Å². The molecule has 5 heteroatoms. The molecule has 2 unspecified atom stereocenters. The van der Waals surface area contributed by atoms with Gasteiger partial charge in [-0.3, -0.25) is 10.1 Å². The normalized spacial score (nSPS) is 25.4. The summed E-state index contributed by atoms with van der Waals surface area (Å²) >= 11 is 1.35. The Morgan fingerprint density at radius 2 is 1.85 bits per heavy atom. The van der Waals surface area contributed by atoms with Crippen molar-refractivity contribution in [2.75, 3.05) is 13.1 Å². The van der Waals surface area contributed by atoms with Gasteiger partial charge in [0.2, 0.25) is 0 Å². The minimum absolute atomic E-state index is 0.129. The van der Waals surface area contributed by atoms with E-state index in [9.17, 15) is 4.79 Å². The number of carbonyl (C=O) groups is 1. The molecule has 0 aromatic heterocycles. The fourth-order valence-electron chi connectivity index (χ4n) is 3.20. The van der Waals surface area contributed by atoms with Gasteiger partial charge < -0.3 is 0 Å². The molecule has 1 saturated heterocycles. The van der Waals surface area contributed by atoms with Crippen LogP contribution >= 0.6 is 11.9 Å². The largest absolute Gasteiger partial charge is 0.339 e. The molecule has 20 heavy (non-hydrogen) atoms. The second kappa shape index (κ2) is 6.06. The summed E-state index contributed by atoms with van der Waals surface area (Å²) in [6.45, 7) is 4.07. The molecule has 0 radical (unpaired) electrons. The monoisotopic (exact) mass is 291 g/mol. The summed E-state index contributed by atoms with van der Waals surface area (Å²) in [4.78, 5) is 12.9. The third-order valence-corrected chi connectivity index (χ3v) is 5.06. The molecule has 0 spiro atoms. The van der Waals surface area contributed by atoms with Crippen LogP contribution in [0.3, 0.4) is 0 Å². The molecule has 2 amide bonds. The number of hydrogen-bond acceptors (Lipinski definition) is 3. The first-order valence-electron chi connectivity index (χ1n) is 7.26. The highest BCUT2D eigenvalue weighted by atomic mass is 32.2. The molecular formula is C15H21N3OS. The lowest BCUT2D eigenvalue weighted by molar-refractivity contribution is 0.196. The highest BCUT2D eigenvalue weighted by Crippen LogP contribution is 2.36. The van der Waals surface area contributed by atoms with Gasteiger partial charge in [-0.05, 0) is 55.7 Å². The Morgan fingerprint density at radius 1 is 1.20 bits per heavy atom. The topological polar surface area (TPSA) is 44.4 Å². The SMILES string of the molecule is Cc1ccc(SNC(=O)NN2CC3CCCC3C2)cc1. The maximum absolute atomic E-state index is 11.9. The third-order valence-electron chi connectivity index (χ3n) is 4.27. The second-order valence-electron chi connectivity index (χ2n) is 5.81. The van der Waals surface area contributed by atoms with Crippen LogP contribution in [0.25, 0.3) is 0 Å². The number of hydrogen-bond donors (Lipinski definition) is 2. The van der Waals surface area contributed by atoms with Gasteiger partial charge in [0.15, 0.2) is 0 Å². The van der Waals surface area contributed by atoms with E-state index in [2.05, 4.69) is 22.1 Å². The van der Waals surface area contributed by atoms with Gasteiger partial charge in [-0.2, -0.15) is 0 Å². The van der Waals surface area contributed by atoms with Crippen molar-refractivity contribution in [2.45, 2.75) is 31.1 Å². The molecule has 3 rings (SSSR count). The average Bonchev–Trinajstić information content (AvgIpc) is 2.99. The molecule has 1 aromatic rings. The van der Waals surface area contributed by atoms with E-state index in [-0.39, 0.29) is 6.03 Å². The molecule has 2 N–H and O–H groups in total. The molecule has 4 nitrogen and oxygen atoms in total. The molecule has 0 bridgehead atoms. The van der Waals surface area contributed by atoms with Crippen molar-refractivity contribution in [1.82, 2.24) is 15.2 Å². The van der Waals surface area contributed by atoms with Gasteiger partial charge >= 0.3 is 6.03 Å². The highest BCUT2D eigenvalue weighted by molar-refractivity contribution is 7.98. The third kappa shape index (κ3) is 3.27. The summed E-state index contributed by atoms with van der Waals surface area (Å²) in [7, 11) is 0. The van der Waals surface area contributed by atoms with E-state index in [1.807, 2.05) is 24.3 Å². The zero-order chi connectivity index (χ0) is 13.9. The lowest BCUT2D eigenvalue weighted by Crippen LogP contribution is -2.44. The Kier molecular flexibility index (Phi) is 4.17. The van der Waals surface area contributed by atoms with Crippen LogP contribution in [0.1, 0.15) is 24.8 Å². The summed E-state index contributed by atoms with van der Waals surface area (Å²) < 4.78 is 2.84. The van der Waals surface area contributed by atoms with Crippen LogP contribution in [-0.2, 0) is 0 Å². The first-order chi connectivity index (χ1) is 9.70. The number of nitrogens with zero attached hydrogens (tertiary/aromatic N) is 1. The zero-order valence-corrected chi connectivity index (χ0v) is 12.6. The van der Waals surface area contributed by atoms with Gasteiger partial charge in [0.25, 0.3) is 0 Å². The Balaban J connectivity index is 1.42. The number of fused-ring (bicyclic) bond motifs is 1. The molecule has 2 aliphatic rings. The van der Waals surface area contributed by atoms with Gasteiger partial charge in [0, 0.05) is 18.0 Å². The van der Waals surface area contributed by atoms with Gasteiger partial charge in [-0.1, -0.05) is 24.1 Å². The number of hydrazine groups is 1. The number of amides is 2. The molecule has 1 aliphatic carbocycles. The maximum atomic E-state index is 11.9. The number of nitrogens with one attached hydrogen (secondary N) is 2. The van der Waals surface area contributed by atoms with Crippen molar-refractivity contribution in [2.24, 2.45) is 11.8 Å². The number of urea groups is 1. The summed E-state index contributed by atoms with van der Waals surface area (Å²) in [5.74, 6) is 1.58. The van der Waals surface area contributed by atoms with E-state index >= 15 is 0 Å². The minimum Gasteiger partial charge on any atom is -0.277 e. The average molecular weight is 291 g/mol. The number of benzene rings is 1. The van der Waals surface area contributed by atoms with E-state index in [0.29, 0.717) is 0 Å². The predicted molar refractivity (Wildman–Crippen MR) is 81.1 cm³/mol. The molecular weight excluding hydrogens is 270 g/mol. The van der Waals surface area contributed by atoms with Gasteiger partial charge in [-0.15, -0.1) is 0 Å². The van der Waals surface area contributed by atoms with Crippen molar-refractivity contribution >= 4 is 18.0 Å². The van der Waals surface area contributed by atoms with E-state index in [1.54, 1.807) is 0 Å². The molecule has 1 aliphatic heterocycles.